The monoisotopic (exact) mass is 213 g/mol. The van der Waals surface area contributed by atoms with Crippen LogP contribution in [0.1, 0.15) is 17.5 Å². The van der Waals surface area contributed by atoms with Crippen molar-refractivity contribution in [3.63, 3.8) is 0 Å². The molecule has 1 aliphatic carbocycles. The molecule has 1 atom stereocenters. The van der Waals surface area contributed by atoms with Crippen molar-refractivity contribution in [2.75, 3.05) is 7.11 Å². The predicted molar refractivity (Wildman–Crippen MR) is 53.2 cm³/mol. The van der Waals surface area contributed by atoms with E-state index in [1.807, 2.05) is 13.0 Å². The summed E-state index contributed by atoms with van der Waals surface area (Å²) in [5.41, 5.74) is 5.34. The third-order valence-electron chi connectivity index (χ3n) is 2.93. The van der Waals surface area contributed by atoms with Crippen LogP contribution in [-0.2, 0) is 5.54 Å². The van der Waals surface area contributed by atoms with E-state index in [1.54, 1.807) is 12.1 Å². The van der Waals surface area contributed by atoms with Gasteiger partial charge in [0.1, 0.15) is 11.3 Å². The Labute approximate surface area is 87.0 Å². The summed E-state index contributed by atoms with van der Waals surface area (Å²) < 4.78 is 31.4. The number of hydrogen-bond donors (Lipinski definition) is 1. The number of aryl methyl sites for hydroxylation is 1. The summed E-state index contributed by atoms with van der Waals surface area (Å²) >= 11 is 0. The van der Waals surface area contributed by atoms with Gasteiger partial charge in [-0.25, -0.2) is 8.78 Å². The molecular weight excluding hydrogens is 200 g/mol. The molecule has 1 fully saturated rings. The minimum atomic E-state index is -2.81. The van der Waals surface area contributed by atoms with E-state index in [2.05, 4.69) is 0 Å². The van der Waals surface area contributed by atoms with E-state index in [0.29, 0.717) is 11.3 Å². The Balaban J connectivity index is 2.51. The maximum Gasteiger partial charge on any atom is 0.272 e. The second-order valence-corrected chi connectivity index (χ2v) is 4.01. The molecule has 0 heterocycles. The molecule has 1 aromatic carbocycles. The lowest BCUT2D eigenvalue weighted by atomic mass is 10.0. The molecule has 1 saturated carbocycles. The molecule has 82 valence electrons. The largest absolute Gasteiger partial charge is 0.496 e. The quantitative estimate of drug-likeness (QED) is 0.817. The van der Waals surface area contributed by atoms with Gasteiger partial charge in [0, 0.05) is 12.0 Å². The van der Waals surface area contributed by atoms with E-state index in [0.717, 1.165) is 5.56 Å². The molecule has 2 rings (SSSR count). The van der Waals surface area contributed by atoms with Crippen molar-refractivity contribution in [2.24, 2.45) is 5.73 Å². The minimum absolute atomic E-state index is 0.306. The van der Waals surface area contributed by atoms with E-state index in [9.17, 15) is 8.78 Å². The predicted octanol–water partition coefficient (Wildman–Crippen LogP) is 2.20. The first kappa shape index (κ1) is 10.4. The van der Waals surface area contributed by atoms with Crippen LogP contribution in [0.4, 0.5) is 8.78 Å². The average molecular weight is 213 g/mol. The van der Waals surface area contributed by atoms with Crippen LogP contribution in [0.15, 0.2) is 18.2 Å². The Hall–Kier alpha value is -1.16. The van der Waals surface area contributed by atoms with Crippen LogP contribution < -0.4 is 10.5 Å². The number of hydrogen-bond acceptors (Lipinski definition) is 2. The second-order valence-electron chi connectivity index (χ2n) is 4.01. The zero-order valence-electron chi connectivity index (χ0n) is 8.68. The number of methoxy groups -OCH3 is 1. The third-order valence-corrected chi connectivity index (χ3v) is 2.93. The fourth-order valence-corrected chi connectivity index (χ4v) is 1.87. The van der Waals surface area contributed by atoms with Crippen molar-refractivity contribution in [3.05, 3.63) is 29.3 Å². The van der Waals surface area contributed by atoms with Crippen LogP contribution in [0.2, 0.25) is 0 Å². The molecule has 0 aliphatic heterocycles. The van der Waals surface area contributed by atoms with Gasteiger partial charge in [-0.3, -0.25) is 0 Å². The highest BCUT2D eigenvalue weighted by Crippen LogP contribution is 2.59. The van der Waals surface area contributed by atoms with Gasteiger partial charge in [0.05, 0.1) is 7.11 Å². The van der Waals surface area contributed by atoms with Gasteiger partial charge in [-0.2, -0.15) is 0 Å². The second kappa shape index (κ2) is 2.92. The molecule has 2 N–H and O–H groups in total. The number of para-hydroxylation sites is 1. The zero-order valence-corrected chi connectivity index (χ0v) is 8.68. The molecule has 0 radical (unpaired) electrons. The van der Waals surface area contributed by atoms with Crippen molar-refractivity contribution in [1.29, 1.82) is 0 Å². The molecule has 0 aromatic heterocycles. The fraction of sp³-hybridized carbons (Fsp3) is 0.455. The van der Waals surface area contributed by atoms with E-state index in [4.69, 9.17) is 10.5 Å². The summed E-state index contributed by atoms with van der Waals surface area (Å²) in [6, 6.07) is 5.13. The lowest BCUT2D eigenvalue weighted by molar-refractivity contribution is 0.0884. The van der Waals surface area contributed by atoms with Crippen LogP contribution in [0.25, 0.3) is 0 Å². The Morgan fingerprint density at radius 1 is 1.40 bits per heavy atom. The summed E-state index contributed by atoms with van der Waals surface area (Å²) in [6.07, 6.45) is -0.306. The fourth-order valence-electron chi connectivity index (χ4n) is 1.87. The summed E-state index contributed by atoms with van der Waals surface area (Å²) in [6.45, 7) is 1.81. The SMILES string of the molecule is COc1c(C)cccc1C1(N)CC1(F)F. The van der Waals surface area contributed by atoms with Gasteiger partial charge < -0.3 is 10.5 Å². The van der Waals surface area contributed by atoms with Crippen molar-refractivity contribution in [3.8, 4) is 5.75 Å². The maximum atomic E-state index is 13.1. The molecule has 15 heavy (non-hydrogen) atoms. The van der Waals surface area contributed by atoms with E-state index >= 15 is 0 Å². The molecule has 1 aromatic rings. The van der Waals surface area contributed by atoms with Crippen molar-refractivity contribution in [1.82, 2.24) is 0 Å². The molecular formula is C11H13F2NO. The smallest absolute Gasteiger partial charge is 0.272 e. The van der Waals surface area contributed by atoms with Crippen LogP contribution in [0.3, 0.4) is 0 Å². The molecule has 2 nitrogen and oxygen atoms in total. The van der Waals surface area contributed by atoms with Crippen LogP contribution in [0.5, 0.6) is 5.75 Å². The van der Waals surface area contributed by atoms with Crippen LogP contribution in [0, 0.1) is 6.92 Å². The summed E-state index contributed by atoms with van der Waals surface area (Å²) in [5, 5.41) is 0. The standard InChI is InChI=1S/C11H13F2NO/c1-7-4-3-5-8(9(7)15-2)10(14)6-11(10,12)13/h3-5H,6,14H2,1-2H3. The lowest BCUT2D eigenvalue weighted by Gasteiger charge is -2.16. The number of rotatable bonds is 2. The van der Waals surface area contributed by atoms with E-state index in [-0.39, 0.29) is 6.42 Å². The van der Waals surface area contributed by atoms with Gasteiger partial charge in [0.15, 0.2) is 0 Å². The Morgan fingerprint density at radius 3 is 2.47 bits per heavy atom. The van der Waals surface area contributed by atoms with E-state index in [1.165, 1.54) is 7.11 Å². The first-order valence-electron chi connectivity index (χ1n) is 4.73. The van der Waals surface area contributed by atoms with Gasteiger partial charge in [0.25, 0.3) is 5.92 Å². The topological polar surface area (TPSA) is 35.2 Å². The third kappa shape index (κ3) is 1.32. The Morgan fingerprint density at radius 2 is 2.00 bits per heavy atom. The molecule has 0 spiro atoms. The highest BCUT2D eigenvalue weighted by Gasteiger charge is 2.70. The number of nitrogens with two attached hydrogens (primary N) is 1. The van der Waals surface area contributed by atoms with Gasteiger partial charge in [-0.1, -0.05) is 18.2 Å². The lowest BCUT2D eigenvalue weighted by Crippen LogP contribution is -2.27. The summed E-state index contributed by atoms with van der Waals surface area (Å²) in [4.78, 5) is 0. The molecule has 1 aliphatic rings. The van der Waals surface area contributed by atoms with E-state index < -0.39 is 11.5 Å². The zero-order chi connectivity index (χ0) is 11.3. The van der Waals surface area contributed by atoms with Crippen molar-refractivity contribution >= 4 is 0 Å². The van der Waals surface area contributed by atoms with Crippen LogP contribution >= 0.6 is 0 Å². The number of benzene rings is 1. The molecule has 1 unspecified atom stereocenters. The first-order valence-corrected chi connectivity index (χ1v) is 4.73. The van der Waals surface area contributed by atoms with Crippen molar-refractivity contribution < 1.29 is 13.5 Å². The van der Waals surface area contributed by atoms with Gasteiger partial charge in [-0.05, 0) is 12.5 Å². The van der Waals surface area contributed by atoms with Crippen molar-refractivity contribution in [2.45, 2.75) is 24.8 Å². The molecule has 0 bridgehead atoms. The summed E-state index contributed by atoms with van der Waals surface area (Å²) in [7, 11) is 1.47. The minimum Gasteiger partial charge on any atom is -0.496 e. The number of halogens is 2. The first-order chi connectivity index (χ1) is 6.92. The van der Waals surface area contributed by atoms with Gasteiger partial charge in [-0.15, -0.1) is 0 Å². The van der Waals surface area contributed by atoms with Gasteiger partial charge in [0.2, 0.25) is 0 Å². The highest BCUT2D eigenvalue weighted by atomic mass is 19.3. The summed E-state index contributed by atoms with van der Waals surface area (Å²) in [5.74, 6) is -2.34. The highest BCUT2D eigenvalue weighted by molar-refractivity contribution is 5.49. The molecule has 4 heteroatoms. The van der Waals surface area contributed by atoms with Crippen LogP contribution in [-0.4, -0.2) is 13.0 Å². The maximum absolute atomic E-state index is 13.1. The normalized spacial score (nSPS) is 27.5. The number of alkyl halides is 2. The Kier molecular flexibility index (Phi) is 2.01. The Bertz CT molecular complexity index is 406. The molecule has 0 saturated heterocycles. The van der Waals surface area contributed by atoms with Gasteiger partial charge >= 0.3 is 0 Å². The average Bonchev–Trinajstić information content (AvgIpc) is 2.67. The number of ether oxygens (including phenoxy) is 1. The molecule has 0 amide bonds.